The molecule has 0 unspecified atom stereocenters. The molecule has 2 N–H and O–H groups in total. The van der Waals surface area contributed by atoms with Gasteiger partial charge in [0.15, 0.2) is 0 Å². The van der Waals surface area contributed by atoms with Gasteiger partial charge in [0.1, 0.15) is 12.4 Å². The second-order valence-electron chi connectivity index (χ2n) is 6.94. The van der Waals surface area contributed by atoms with Gasteiger partial charge in [-0.3, -0.25) is 4.79 Å². The van der Waals surface area contributed by atoms with Crippen LogP contribution in [0.25, 0.3) is 0 Å². The summed E-state index contributed by atoms with van der Waals surface area (Å²) >= 11 is 0. The fourth-order valence-electron chi connectivity index (χ4n) is 2.92. The maximum absolute atomic E-state index is 12.3. The third-order valence-electron chi connectivity index (χ3n) is 4.41. The van der Waals surface area contributed by atoms with Crippen LogP contribution in [0.4, 0.5) is 11.4 Å². The van der Waals surface area contributed by atoms with E-state index in [9.17, 15) is 4.79 Å². The van der Waals surface area contributed by atoms with Crippen molar-refractivity contribution in [2.24, 2.45) is 0 Å². The summed E-state index contributed by atoms with van der Waals surface area (Å²) in [5.74, 6) is 1.08. The first-order valence-electron chi connectivity index (χ1n) is 9.51. The number of carbonyl (C=O) groups is 1. The monoisotopic (exact) mass is 374 g/mol. The summed E-state index contributed by atoms with van der Waals surface area (Å²) in [4.78, 5) is 12.3. The molecular weight excluding hydrogens is 348 g/mol. The fourth-order valence-corrected chi connectivity index (χ4v) is 2.92. The molecule has 3 aromatic carbocycles. The number of para-hydroxylation sites is 1. The van der Waals surface area contributed by atoms with Gasteiger partial charge in [0.05, 0.1) is 6.54 Å². The molecule has 0 atom stereocenters. The zero-order valence-electron chi connectivity index (χ0n) is 16.3. The van der Waals surface area contributed by atoms with Crippen molar-refractivity contribution in [3.8, 4) is 5.75 Å². The zero-order valence-corrected chi connectivity index (χ0v) is 16.3. The normalized spacial score (nSPS) is 10.5. The van der Waals surface area contributed by atoms with Crippen LogP contribution < -0.4 is 15.4 Å². The summed E-state index contributed by atoms with van der Waals surface area (Å²) < 4.78 is 5.77. The lowest BCUT2D eigenvalue weighted by Crippen LogP contribution is -2.22. The van der Waals surface area contributed by atoms with Gasteiger partial charge in [0.25, 0.3) is 0 Å². The molecule has 3 aromatic rings. The van der Waals surface area contributed by atoms with Crippen LogP contribution in [-0.2, 0) is 11.4 Å². The van der Waals surface area contributed by atoms with Crippen molar-refractivity contribution in [2.45, 2.75) is 26.4 Å². The second-order valence-corrected chi connectivity index (χ2v) is 6.94. The Labute approximate surface area is 166 Å². The van der Waals surface area contributed by atoms with E-state index in [-0.39, 0.29) is 12.5 Å². The number of rotatable bonds is 8. The maximum atomic E-state index is 12.3. The minimum Gasteiger partial charge on any atom is -0.489 e. The molecule has 0 aliphatic heterocycles. The molecule has 0 aromatic heterocycles. The van der Waals surface area contributed by atoms with Crippen molar-refractivity contribution in [3.05, 3.63) is 90.0 Å². The largest absolute Gasteiger partial charge is 0.489 e. The minimum atomic E-state index is -0.0866. The molecule has 144 valence electrons. The first-order chi connectivity index (χ1) is 13.6. The number of benzene rings is 3. The summed E-state index contributed by atoms with van der Waals surface area (Å²) in [5, 5.41) is 6.13. The van der Waals surface area contributed by atoms with Gasteiger partial charge in [-0.15, -0.1) is 0 Å². The summed E-state index contributed by atoms with van der Waals surface area (Å²) in [6, 6.07) is 25.5. The topological polar surface area (TPSA) is 50.4 Å². The minimum absolute atomic E-state index is 0.0866. The van der Waals surface area contributed by atoms with E-state index in [0.717, 1.165) is 22.7 Å². The highest BCUT2D eigenvalue weighted by Crippen LogP contribution is 2.23. The molecule has 0 heterocycles. The third-order valence-corrected chi connectivity index (χ3v) is 4.41. The highest BCUT2D eigenvalue weighted by atomic mass is 16.5. The number of anilines is 2. The van der Waals surface area contributed by atoms with Crippen LogP contribution in [0, 0.1) is 0 Å². The van der Waals surface area contributed by atoms with Gasteiger partial charge in [-0.2, -0.15) is 0 Å². The highest BCUT2D eigenvalue weighted by Gasteiger charge is 2.08. The van der Waals surface area contributed by atoms with Crippen LogP contribution in [0.5, 0.6) is 5.75 Å². The standard InChI is InChI=1S/C24H26N2O2/c1-18(2)22-10-6-7-11-23(22)25-16-24(27)26-20-12-14-21(15-13-20)28-17-19-8-4-3-5-9-19/h3-15,18,25H,16-17H2,1-2H3,(H,26,27). The number of hydrogen-bond acceptors (Lipinski definition) is 3. The van der Waals surface area contributed by atoms with Gasteiger partial charge in [0.2, 0.25) is 5.91 Å². The SMILES string of the molecule is CC(C)c1ccccc1NCC(=O)Nc1ccc(OCc2ccccc2)cc1. The molecule has 0 aliphatic carbocycles. The van der Waals surface area contributed by atoms with E-state index in [1.807, 2.05) is 72.8 Å². The molecule has 3 rings (SSSR count). The van der Waals surface area contributed by atoms with Crippen molar-refractivity contribution in [1.82, 2.24) is 0 Å². The van der Waals surface area contributed by atoms with E-state index in [1.165, 1.54) is 5.56 Å². The van der Waals surface area contributed by atoms with Crippen LogP contribution in [0.1, 0.15) is 30.9 Å². The predicted molar refractivity (Wildman–Crippen MR) is 115 cm³/mol. The highest BCUT2D eigenvalue weighted by molar-refractivity contribution is 5.93. The van der Waals surface area contributed by atoms with Crippen LogP contribution >= 0.6 is 0 Å². The van der Waals surface area contributed by atoms with Crippen LogP contribution in [0.3, 0.4) is 0 Å². The number of amides is 1. The first-order valence-corrected chi connectivity index (χ1v) is 9.51. The van der Waals surface area contributed by atoms with E-state index >= 15 is 0 Å². The summed E-state index contributed by atoms with van der Waals surface area (Å²) in [6.45, 7) is 5.02. The zero-order chi connectivity index (χ0) is 19.8. The quantitative estimate of drug-likeness (QED) is 0.552. The Kier molecular flexibility index (Phi) is 6.68. The number of ether oxygens (including phenoxy) is 1. The van der Waals surface area contributed by atoms with Crippen molar-refractivity contribution in [2.75, 3.05) is 17.2 Å². The number of nitrogens with one attached hydrogen (secondary N) is 2. The molecule has 0 spiro atoms. The molecule has 0 saturated heterocycles. The van der Waals surface area contributed by atoms with E-state index < -0.39 is 0 Å². The summed E-state index contributed by atoms with van der Waals surface area (Å²) in [6.07, 6.45) is 0. The Hall–Kier alpha value is -3.27. The van der Waals surface area contributed by atoms with E-state index in [0.29, 0.717) is 12.5 Å². The molecule has 4 heteroatoms. The Morgan fingerprint density at radius 1 is 0.893 bits per heavy atom. The maximum Gasteiger partial charge on any atom is 0.243 e. The Morgan fingerprint density at radius 2 is 1.57 bits per heavy atom. The van der Waals surface area contributed by atoms with Crippen molar-refractivity contribution < 1.29 is 9.53 Å². The van der Waals surface area contributed by atoms with Gasteiger partial charge < -0.3 is 15.4 Å². The van der Waals surface area contributed by atoms with Gasteiger partial charge in [-0.05, 0) is 47.4 Å². The van der Waals surface area contributed by atoms with Crippen LogP contribution in [0.2, 0.25) is 0 Å². The lowest BCUT2D eigenvalue weighted by Gasteiger charge is -2.14. The molecule has 1 amide bonds. The molecule has 0 bridgehead atoms. The molecule has 0 radical (unpaired) electrons. The van der Waals surface area contributed by atoms with Gasteiger partial charge in [-0.25, -0.2) is 0 Å². The van der Waals surface area contributed by atoms with Crippen LogP contribution in [0.15, 0.2) is 78.9 Å². The van der Waals surface area contributed by atoms with Gasteiger partial charge in [0, 0.05) is 11.4 Å². The van der Waals surface area contributed by atoms with Crippen molar-refractivity contribution >= 4 is 17.3 Å². The molecule has 0 aliphatic rings. The third kappa shape index (κ3) is 5.61. The lowest BCUT2D eigenvalue weighted by molar-refractivity contribution is -0.114. The summed E-state index contributed by atoms with van der Waals surface area (Å²) in [7, 11) is 0. The lowest BCUT2D eigenvalue weighted by atomic mass is 10.0. The Morgan fingerprint density at radius 3 is 2.29 bits per heavy atom. The van der Waals surface area contributed by atoms with E-state index in [1.54, 1.807) is 0 Å². The Bertz CT molecular complexity index is 890. The molecule has 28 heavy (non-hydrogen) atoms. The fraction of sp³-hybridized carbons (Fsp3) is 0.208. The van der Waals surface area contributed by atoms with Crippen LogP contribution in [-0.4, -0.2) is 12.5 Å². The van der Waals surface area contributed by atoms with E-state index in [4.69, 9.17) is 4.74 Å². The average Bonchev–Trinajstić information content (AvgIpc) is 2.72. The molecule has 0 saturated carbocycles. The number of hydrogen-bond donors (Lipinski definition) is 2. The first kappa shape index (κ1) is 19.5. The summed E-state index contributed by atoms with van der Waals surface area (Å²) in [5.41, 5.74) is 4.07. The van der Waals surface area contributed by atoms with Crippen molar-refractivity contribution in [3.63, 3.8) is 0 Å². The smallest absolute Gasteiger partial charge is 0.243 e. The van der Waals surface area contributed by atoms with E-state index in [2.05, 4.69) is 30.5 Å². The molecule has 4 nitrogen and oxygen atoms in total. The number of carbonyl (C=O) groups excluding carboxylic acids is 1. The van der Waals surface area contributed by atoms with Gasteiger partial charge in [-0.1, -0.05) is 62.4 Å². The van der Waals surface area contributed by atoms with Gasteiger partial charge >= 0.3 is 0 Å². The van der Waals surface area contributed by atoms with Crippen molar-refractivity contribution in [1.29, 1.82) is 0 Å². The Balaban J connectivity index is 1.49. The second kappa shape index (κ2) is 9.60. The predicted octanol–water partition coefficient (Wildman–Crippen LogP) is 5.44. The average molecular weight is 374 g/mol. The molecule has 0 fully saturated rings. The molecular formula is C24H26N2O2.